The lowest BCUT2D eigenvalue weighted by Crippen LogP contribution is -2.32. The van der Waals surface area contributed by atoms with Crippen molar-refractivity contribution in [1.29, 1.82) is 0 Å². The number of ether oxygens (including phenoxy) is 1. The van der Waals surface area contributed by atoms with E-state index in [0.717, 1.165) is 0 Å². The average molecular weight is 131 g/mol. The molecule has 0 aromatic carbocycles. The maximum atomic E-state index is 8.54. The Bertz CT molecular complexity index is 83.1. The molecule has 0 amide bonds. The molecule has 0 aliphatic heterocycles. The summed E-state index contributed by atoms with van der Waals surface area (Å²) in [5.41, 5.74) is 2.24. The Morgan fingerprint density at radius 2 is 2.44 bits per heavy atom. The maximum Gasteiger partial charge on any atom is 0.0641 e. The standard InChI is InChI=1S/C6H13NO2/c1-9-4-6(7-8)5-2-3-5/h5-8H,2-4H2,1H3. The van der Waals surface area contributed by atoms with Crippen molar-refractivity contribution in [3.8, 4) is 0 Å². The first-order valence-corrected chi connectivity index (χ1v) is 3.27. The van der Waals surface area contributed by atoms with E-state index in [2.05, 4.69) is 5.48 Å². The summed E-state index contributed by atoms with van der Waals surface area (Å²) in [6.45, 7) is 0.612. The van der Waals surface area contributed by atoms with Crippen molar-refractivity contribution in [2.75, 3.05) is 13.7 Å². The molecule has 0 spiro atoms. The molecule has 1 fully saturated rings. The first kappa shape index (κ1) is 6.99. The Hall–Kier alpha value is -0.120. The summed E-state index contributed by atoms with van der Waals surface area (Å²) in [7, 11) is 1.65. The molecule has 1 aliphatic carbocycles. The van der Waals surface area contributed by atoms with Gasteiger partial charge in [-0.1, -0.05) is 0 Å². The average Bonchev–Trinajstić information content (AvgIpc) is 2.64. The molecule has 1 rings (SSSR count). The Morgan fingerprint density at radius 1 is 1.78 bits per heavy atom. The molecule has 0 bridgehead atoms. The summed E-state index contributed by atoms with van der Waals surface area (Å²) in [5.74, 6) is 0.648. The van der Waals surface area contributed by atoms with Crippen LogP contribution in [-0.2, 0) is 4.74 Å². The zero-order valence-corrected chi connectivity index (χ0v) is 5.63. The molecule has 1 aliphatic rings. The molecule has 3 nitrogen and oxygen atoms in total. The zero-order valence-electron chi connectivity index (χ0n) is 5.63. The fourth-order valence-corrected chi connectivity index (χ4v) is 0.957. The van der Waals surface area contributed by atoms with E-state index in [9.17, 15) is 0 Å². The Morgan fingerprint density at radius 3 is 2.78 bits per heavy atom. The number of methoxy groups -OCH3 is 1. The molecule has 1 saturated carbocycles. The highest BCUT2D eigenvalue weighted by molar-refractivity contribution is 4.83. The number of nitrogens with one attached hydrogen (secondary N) is 1. The van der Waals surface area contributed by atoms with Crippen LogP contribution in [0.5, 0.6) is 0 Å². The Labute approximate surface area is 55.0 Å². The van der Waals surface area contributed by atoms with Crippen molar-refractivity contribution in [3.63, 3.8) is 0 Å². The first-order valence-electron chi connectivity index (χ1n) is 3.27. The van der Waals surface area contributed by atoms with Crippen molar-refractivity contribution in [3.05, 3.63) is 0 Å². The van der Waals surface area contributed by atoms with E-state index >= 15 is 0 Å². The molecule has 0 heterocycles. The third-order valence-electron chi connectivity index (χ3n) is 1.70. The topological polar surface area (TPSA) is 41.5 Å². The minimum absolute atomic E-state index is 0.162. The fourth-order valence-electron chi connectivity index (χ4n) is 0.957. The van der Waals surface area contributed by atoms with Crippen molar-refractivity contribution in [1.82, 2.24) is 5.48 Å². The lowest BCUT2D eigenvalue weighted by atomic mass is 10.2. The van der Waals surface area contributed by atoms with Crippen LogP contribution in [0.3, 0.4) is 0 Å². The molecule has 0 radical (unpaired) electrons. The summed E-state index contributed by atoms with van der Waals surface area (Å²) in [4.78, 5) is 0. The lowest BCUT2D eigenvalue weighted by Gasteiger charge is -2.11. The van der Waals surface area contributed by atoms with Crippen LogP contribution in [-0.4, -0.2) is 25.0 Å². The molecule has 0 saturated heterocycles. The largest absolute Gasteiger partial charge is 0.383 e. The lowest BCUT2D eigenvalue weighted by molar-refractivity contribution is 0.0618. The molecule has 3 heteroatoms. The number of hydrogen-bond donors (Lipinski definition) is 2. The van der Waals surface area contributed by atoms with E-state index in [4.69, 9.17) is 9.94 Å². The molecular formula is C6H13NO2. The van der Waals surface area contributed by atoms with Gasteiger partial charge < -0.3 is 9.94 Å². The maximum absolute atomic E-state index is 8.54. The van der Waals surface area contributed by atoms with E-state index in [1.165, 1.54) is 12.8 Å². The van der Waals surface area contributed by atoms with Gasteiger partial charge in [0.2, 0.25) is 0 Å². The normalized spacial score (nSPS) is 22.0. The minimum Gasteiger partial charge on any atom is -0.383 e. The van der Waals surface area contributed by atoms with Gasteiger partial charge in [-0.2, -0.15) is 5.48 Å². The van der Waals surface area contributed by atoms with Crippen LogP contribution in [0.2, 0.25) is 0 Å². The Balaban J connectivity index is 2.12. The molecule has 54 valence electrons. The van der Waals surface area contributed by atoms with Gasteiger partial charge in [0.05, 0.1) is 12.6 Å². The summed E-state index contributed by atoms with van der Waals surface area (Å²) in [5, 5.41) is 8.54. The van der Waals surface area contributed by atoms with Gasteiger partial charge in [-0.25, -0.2) is 0 Å². The quantitative estimate of drug-likeness (QED) is 0.542. The second-order valence-corrected chi connectivity index (χ2v) is 2.53. The molecule has 1 unspecified atom stereocenters. The van der Waals surface area contributed by atoms with Crippen LogP contribution in [0.4, 0.5) is 0 Å². The third-order valence-corrected chi connectivity index (χ3v) is 1.70. The van der Waals surface area contributed by atoms with Gasteiger partial charge in [-0.3, -0.25) is 0 Å². The van der Waals surface area contributed by atoms with Crippen molar-refractivity contribution in [2.45, 2.75) is 18.9 Å². The van der Waals surface area contributed by atoms with Crippen LogP contribution in [0.1, 0.15) is 12.8 Å². The third kappa shape index (κ3) is 1.93. The van der Waals surface area contributed by atoms with Crippen molar-refractivity contribution in [2.24, 2.45) is 5.92 Å². The van der Waals surface area contributed by atoms with Gasteiger partial charge in [-0.15, -0.1) is 0 Å². The predicted molar refractivity (Wildman–Crippen MR) is 33.3 cm³/mol. The smallest absolute Gasteiger partial charge is 0.0641 e. The fraction of sp³-hybridized carbons (Fsp3) is 1.00. The monoisotopic (exact) mass is 131 g/mol. The molecular weight excluding hydrogens is 118 g/mol. The number of hydrogen-bond acceptors (Lipinski definition) is 3. The summed E-state index contributed by atoms with van der Waals surface area (Å²) < 4.78 is 4.87. The first-order chi connectivity index (χ1) is 4.38. The highest BCUT2D eigenvalue weighted by Crippen LogP contribution is 2.32. The zero-order chi connectivity index (χ0) is 6.69. The molecule has 9 heavy (non-hydrogen) atoms. The summed E-state index contributed by atoms with van der Waals surface area (Å²) in [6.07, 6.45) is 2.45. The van der Waals surface area contributed by atoms with Crippen LogP contribution < -0.4 is 5.48 Å². The van der Waals surface area contributed by atoms with Crippen LogP contribution in [0.15, 0.2) is 0 Å². The van der Waals surface area contributed by atoms with Gasteiger partial charge in [-0.05, 0) is 18.8 Å². The summed E-state index contributed by atoms with van der Waals surface area (Å²) >= 11 is 0. The summed E-state index contributed by atoms with van der Waals surface area (Å²) in [6, 6.07) is 0.162. The molecule has 0 aromatic rings. The predicted octanol–water partition coefficient (Wildman–Crippen LogP) is 0.390. The molecule has 2 N–H and O–H groups in total. The van der Waals surface area contributed by atoms with Gasteiger partial charge in [0, 0.05) is 7.11 Å². The van der Waals surface area contributed by atoms with Crippen LogP contribution >= 0.6 is 0 Å². The van der Waals surface area contributed by atoms with Gasteiger partial charge in [0.15, 0.2) is 0 Å². The van der Waals surface area contributed by atoms with Crippen molar-refractivity contribution < 1.29 is 9.94 Å². The van der Waals surface area contributed by atoms with Gasteiger partial charge in [0.25, 0.3) is 0 Å². The second-order valence-electron chi connectivity index (χ2n) is 2.53. The van der Waals surface area contributed by atoms with Crippen LogP contribution in [0, 0.1) is 5.92 Å². The SMILES string of the molecule is COCC(NO)C1CC1. The molecule has 1 atom stereocenters. The number of hydroxylamine groups is 1. The highest BCUT2D eigenvalue weighted by Gasteiger charge is 2.30. The molecule has 0 aromatic heterocycles. The van der Waals surface area contributed by atoms with E-state index in [-0.39, 0.29) is 6.04 Å². The van der Waals surface area contributed by atoms with Gasteiger partial charge in [0.1, 0.15) is 0 Å². The van der Waals surface area contributed by atoms with Crippen molar-refractivity contribution >= 4 is 0 Å². The van der Waals surface area contributed by atoms with E-state index in [0.29, 0.717) is 12.5 Å². The minimum atomic E-state index is 0.162. The Kier molecular flexibility index (Phi) is 2.45. The van der Waals surface area contributed by atoms with E-state index < -0.39 is 0 Å². The second kappa shape index (κ2) is 3.15. The van der Waals surface area contributed by atoms with E-state index in [1.807, 2.05) is 0 Å². The highest BCUT2D eigenvalue weighted by atomic mass is 16.5. The van der Waals surface area contributed by atoms with Crippen LogP contribution in [0.25, 0.3) is 0 Å². The van der Waals surface area contributed by atoms with E-state index in [1.54, 1.807) is 7.11 Å². The van der Waals surface area contributed by atoms with Gasteiger partial charge >= 0.3 is 0 Å². The number of rotatable bonds is 4.